The van der Waals surface area contributed by atoms with E-state index in [-0.39, 0.29) is 17.9 Å². The summed E-state index contributed by atoms with van der Waals surface area (Å²) in [6.07, 6.45) is 1.22. The SMILES string of the molecule is CCCc1c(C(=O)O)nnn1Cc1ccccc1[N+](=O)[O-]. The van der Waals surface area contributed by atoms with Crippen molar-refractivity contribution in [3.05, 3.63) is 51.3 Å². The molecule has 2 aromatic rings. The molecule has 1 N–H and O–H groups in total. The van der Waals surface area contributed by atoms with Crippen LogP contribution in [0.25, 0.3) is 0 Å². The van der Waals surface area contributed by atoms with E-state index in [1.54, 1.807) is 18.2 Å². The van der Waals surface area contributed by atoms with Crippen LogP contribution < -0.4 is 0 Å². The van der Waals surface area contributed by atoms with Crippen molar-refractivity contribution in [1.82, 2.24) is 15.0 Å². The van der Waals surface area contributed by atoms with Crippen LogP contribution in [0.15, 0.2) is 24.3 Å². The third kappa shape index (κ3) is 3.04. The number of carboxylic acids is 1. The lowest BCUT2D eigenvalue weighted by Crippen LogP contribution is -2.10. The molecule has 0 unspecified atom stereocenters. The first-order valence-electron chi connectivity index (χ1n) is 6.42. The zero-order chi connectivity index (χ0) is 15.4. The van der Waals surface area contributed by atoms with Crippen molar-refractivity contribution >= 4 is 11.7 Å². The van der Waals surface area contributed by atoms with Gasteiger partial charge in [-0.3, -0.25) is 10.1 Å². The van der Waals surface area contributed by atoms with Crippen LogP contribution >= 0.6 is 0 Å². The molecule has 0 saturated heterocycles. The van der Waals surface area contributed by atoms with Gasteiger partial charge in [-0.25, -0.2) is 9.48 Å². The fraction of sp³-hybridized carbons (Fsp3) is 0.308. The fourth-order valence-electron chi connectivity index (χ4n) is 2.09. The lowest BCUT2D eigenvalue weighted by molar-refractivity contribution is -0.385. The van der Waals surface area contributed by atoms with Crippen LogP contribution in [0.2, 0.25) is 0 Å². The van der Waals surface area contributed by atoms with Crippen molar-refractivity contribution in [3.8, 4) is 0 Å². The summed E-state index contributed by atoms with van der Waals surface area (Å²) in [7, 11) is 0. The minimum atomic E-state index is -1.15. The molecule has 21 heavy (non-hydrogen) atoms. The Hall–Kier alpha value is -2.77. The van der Waals surface area contributed by atoms with Crippen molar-refractivity contribution in [2.24, 2.45) is 0 Å². The fourth-order valence-corrected chi connectivity index (χ4v) is 2.09. The zero-order valence-electron chi connectivity index (χ0n) is 11.4. The van der Waals surface area contributed by atoms with E-state index >= 15 is 0 Å². The first kappa shape index (κ1) is 14.6. The lowest BCUT2D eigenvalue weighted by atomic mass is 10.1. The summed E-state index contributed by atoms with van der Waals surface area (Å²) in [5.74, 6) is -1.15. The van der Waals surface area contributed by atoms with Crippen molar-refractivity contribution in [3.63, 3.8) is 0 Å². The van der Waals surface area contributed by atoms with Crippen molar-refractivity contribution < 1.29 is 14.8 Å². The van der Waals surface area contributed by atoms with Crippen LogP contribution in [0.4, 0.5) is 5.69 Å². The van der Waals surface area contributed by atoms with Gasteiger partial charge < -0.3 is 5.11 Å². The Morgan fingerprint density at radius 1 is 1.43 bits per heavy atom. The van der Waals surface area contributed by atoms with E-state index in [0.717, 1.165) is 6.42 Å². The average Bonchev–Trinajstić information content (AvgIpc) is 2.83. The normalized spacial score (nSPS) is 10.5. The Kier molecular flexibility index (Phi) is 4.27. The number of benzene rings is 1. The highest BCUT2D eigenvalue weighted by atomic mass is 16.6. The van der Waals surface area contributed by atoms with Crippen molar-refractivity contribution in [1.29, 1.82) is 0 Å². The minimum absolute atomic E-state index is 0.0210. The second-order valence-corrected chi connectivity index (χ2v) is 4.48. The molecule has 0 bridgehead atoms. The van der Waals surface area contributed by atoms with Gasteiger partial charge in [0, 0.05) is 6.07 Å². The van der Waals surface area contributed by atoms with Gasteiger partial charge in [-0.1, -0.05) is 36.8 Å². The van der Waals surface area contributed by atoms with Crippen LogP contribution in [0.5, 0.6) is 0 Å². The number of aromatic nitrogens is 3. The maximum absolute atomic E-state index is 11.1. The predicted molar refractivity (Wildman–Crippen MR) is 73.2 cm³/mol. The topological polar surface area (TPSA) is 111 Å². The smallest absolute Gasteiger partial charge is 0.358 e. The Labute approximate surface area is 120 Å². The van der Waals surface area contributed by atoms with E-state index in [4.69, 9.17) is 5.11 Å². The standard InChI is InChI=1S/C13H14N4O4/c1-2-5-11-12(13(18)19)14-15-16(11)8-9-6-3-4-7-10(9)17(20)21/h3-4,6-7H,2,5,8H2,1H3,(H,18,19). The zero-order valence-corrected chi connectivity index (χ0v) is 11.4. The third-order valence-electron chi connectivity index (χ3n) is 3.04. The van der Waals surface area contributed by atoms with E-state index in [1.165, 1.54) is 10.7 Å². The van der Waals surface area contributed by atoms with Gasteiger partial charge in [-0.15, -0.1) is 5.10 Å². The molecule has 0 radical (unpaired) electrons. The number of carbonyl (C=O) groups is 1. The van der Waals surface area contributed by atoms with Gasteiger partial charge >= 0.3 is 5.97 Å². The summed E-state index contributed by atoms with van der Waals surface area (Å²) >= 11 is 0. The number of nitro benzene ring substituents is 1. The summed E-state index contributed by atoms with van der Waals surface area (Å²) in [4.78, 5) is 21.6. The molecule has 2 rings (SSSR count). The van der Waals surface area contributed by atoms with Crippen LogP contribution in [0, 0.1) is 10.1 Å². The second-order valence-electron chi connectivity index (χ2n) is 4.48. The molecule has 0 saturated carbocycles. The van der Waals surface area contributed by atoms with E-state index < -0.39 is 10.9 Å². The number of nitro groups is 1. The molecule has 1 heterocycles. The molecule has 0 aliphatic carbocycles. The maximum atomic E-state index is 11.1. The Bertz CT molecular complexity index is 681. The number of para-hydroxylation sites is 1. The lowest BCUT2D eigenvalue weighted by Gasteiger charge is -2.06. The van der Waals surface area contributed by atoms with E-state index in [0.29, 0.717) is 17.7 Å². The summed E-state index contributed by atoms with van der Waals surface area (Å²) in [5, 5.41) is 27.6. The number of aromatic carboxylic acids is 1. The van der Waals surface area contributed by atoms with Gasteiger partial charge in [-0.05, 0) is 6.42 Å². The molecule has 0 amide bonds. The van der Waals surface area contributed by atoms with Crippen molar-refractivity contribution in [2.45, 2.75) is 26.3 Å². The highest BCUT2D eigenvalue weighted by Gasteiger charge is 2.20. The molecule has 8 nitrogen and oxygen atoms in total. The minimum Gasteiger partial charge on any atom is -0.476 e. The highest BCUT2D eigenvalue weighted by Crippen LogP contribution is 2.20. The average molecular weight is 290 g/mol. The van der Waals surface area contributed by atoms with Crippen LogP contribution in [-0.2, 0) is 13.0 Å². The Balaban J connectivity index is 2.40. The van der Waals surface area contributed by atoms with Crippen LogP contribution in [0.3, 0.4) is 0 Å². The molecule has 0 aliphatic rings. The first-order valence-corrected chi connectivity index (χ1v) is 6.42. The van der Waals surface area contributed by atoms with Crippen LogP contribution in [0.1, 0.15) is 35.1 Å². The summed E-state index contributed by atoms with van der Waals surface area (Å²) in [6, 6.07) is 6.30. The van der Waals surface area contributed by atoms with Gasteiger partial charge in [0.2, 0.25) is 0 Å². The molecule has 0 atom stereocenters. The first-order chi connectivity index (χ1) is 10.0. The maximum Gasteiger partial charge on any atom is 0.358 e. The molecule has 0 fully saturated rings. The van der Waals surface area contributed by atoms with E-state index in [9.17, 15) is 14.9 Å². The summed E-state index contributed by atoms with van der Waals surface area (Å²) in [6.45, 7) is 2.03. The molecule has 0 spiro atoms. The van der Waals surface area contributed by atoms with E-state index in [1.807, 2.05) is 6.92 Å². The monoisotopic (exact) mass is 290 g/mol. The van der Waals surface area contributed by atoms with Gasteiger partial charge in [0.15, 0.2) is 5.69 Å². The molecular formula is C13H14N4O4. The van der Waals surface area contributed by atoms with Gasteiger partial charge in [0.1, 0.15) is 0 Å². The molecule has 8 heteroatoms. The Morgan fingerprint density at radius 2 is 2.14 bits per heavy atom. The Morgan fingerprint density at radius 3 is 2.76 bits per heavy atom. The molecule has 0 aliphatic heterocycles. The molecule has 1 aromatic heterocycles. The van der Waals surface area contributed by atoms with Gasteiger partial charge in [-0.2, -0.15) is 0 Å². The van der Waals surface area contributed by atoms with Gasteiger partial charge in [0.05, 0.1) is 22.7 Å². The van der Waals surface area contributed by atoms with Crippen LogP contribution in [-0.4, -0.2) is 31.0 Å². The second kappa shape index (κ2) is 6.12. The molecule has 1 aromatic carbocycles. The third-order valence-corrected chi connectivity index (χ3v) is 3.04. The van der Waals surface area contributed by atoms with Gasteiger partial charge in [0.25, 0.3) is 5.69 Å². The molecule has 110 valence electrons. The quantitative estimate of drug-likeness (QED) is 0.642. The number of nitrogens with zero attached hydrogens (tertiary/aromatic N) is 4. The van der Waals surface area contributed by atoms with Crippen molar-refractivity contribution in [2.75, 3.05) is 0 Å². The predicted octanol–water partition coefficient (Wildman–Crippen LogP) is 1.89. The molecular weight excluding hydrogens is 276 g/mol. The highest BCUT2D eigenvalue weighted by molar-refractivity contribution is 5.86. The van der Waals surface area contributed by atoms with E-state index in [2.05, 4.69) is 10.3 Å². The number of rotatable bonds is 6. The number of hydrogen-bond acceptors (Lipinski definition) is 5. The number of hydrogen-bond donors (Lipinski definition) is 1. The summed E-state index contributed by atoms with van der Waals surface area (Å²) < 4.78 is 1.41. The summed E-state index contributed by atoms with van der Waals surface area (Å²) in [5.41, 5.74) is 0.813. The largest absolute Gasteiger partial charge is 0.476 e. The number of carboxylic acid groups (broad SMARTS) is 1.